The number of ether oxygens (including phenoxy) is 2. The Morgan fingerprint density at radius 3 is 1.23 bits per heavy atom. The number of carbonyl (C=O) groups excluding carboxylic acids is 2. The Labute approximate surface area is 179 Å². The Balaban J connectivity index is 2.91. The summed E-state index contributed by atoms with van der Waals surface area (Å²) in [5.41, 5.74) is -4.96. The molecule has 0 radical (unpaired) electrons. The Kier molecular flexibility index (Phi) is 6.01. The van der Waals surface area contributed by atoms with Crippen molar-refractivity contribution in [2.24, 2.45) is 0 Å². The van der Waals surface area contributed by atoms with Gasteiger partial charge >= 0.3 is 179 Å². The first-order valence-corrected chi connectivity index (χ1v) is 12.0. The molecule has 2 fully saturated rings. The van der Waals surface area contributed by atoms with E-state index in [9.17, 15) is 9.59 Å². The summed E-state index contributed by atoms with van der Waals surface area (Å²) in [5, 5.41) is 0. The van der Waals surface area contributed by atoms with Crippen LogP contribution in [-0.2, 0) is 37.2 Å². The fourth-order valence-corrected chi connectivity index (χ4v) is 9.97. The van der Waals surface area contributed by atoms with Gasteiger partial charge in [-0.1, -0.05) is 0 Å². The second-order valence-electron chi connectivity index (χ2n) is 10.2. The van der Waals surface area contributed by atoms with Gasteiger partial charge in [0.15, 0.2) is 0 Å². The first kappa shape index (κ1) is 25.4. The van der Waals surface area contributed by atoms with Crippen LogP contribution in [0.3, 0.4) is 0 Å². The first-order valence-electron chi connectivity index (χ1n) is 10.0. The van der Waals surface area contributed by atoms with Crippen molar-refractivity contribution in [2.45, 2.75) is 89.5 Å². The van der Waals surface area contributed by atoms with E-state index in [2.05, 4.69) is 0 Å². The number of nitrogens with zero attached hydrogens (tertiary/aromatic N) is 1. The van der Waals surface area contributed by atoms with E-state index in [0.29, 0.717) is 0 Å². The maximum absolute atomic E-state index is 13.3. The van der Waals surface area contributed by atoms with Crippen molar-refractivity contribution >= 4 is 19.4 Å². The molecule has 176 valence electrons. The van der Waals surface area contributed by atoms with Crippen molar-refractivity contribution in [1.82, 2.24) is 4.90 Å². The first-order chi connectivity index (χ1) is 13.3. The second-order valence-corrected chi connectivity index (χ2v) is 13.2. The monoisotopic (exact) mass is 451 g/mol. The Bertz CT molecular complexity index is 655. The van der Waals surface area contributed by atoms with E-state index >= 15 is 0 Å². The fraction of sp³-hybridized carbons (Fsp3) is 0.900. The molecule has 2 heterocycles. The second kappa shape index (κ2) is 7.09. The fourth-order valence-electron chi connectivity index (χ4n) is 3.82. The van der Waals surface area contributed by atoms with E-state index in [0.717, 1.165) is 0 Å². The summed E-state index contributed by atoms with van der Waals surface area (Å²) in [7, 11) is 1.00. The van der Waals surface area contributed by atoms with Crippen molar-refractivity contribution < 1.29 is 37.2 Å². The quantitative estimate of drug-likeness (QED) is 0.462. The average molecular weight is 451 g/mol. The summed E-state index contributed by atoms with van der Waals surface area (Å²) >= 11 is 0. The molecule has 2 saturated heterocycles. The number of carbonyl (C=O) groups is 2. The predicted molar refractivity (Wildman–Crippen MR) is 113 cm³/mol. The van der Waals surface area contributed by atoms with E-state index in [1.165, 1.54) is 14.2 Å². The average Bonchev–Trinajstić information content (AvgIpc) is 2.81. The van der Waals surface area contributed by atoms with Crippen molar-refractivity contribution in [3.05, 3.63) is 0 Å². The molecule has 0 aromatic carbocycles. The molecule has 2 atom stereocenters. The maximum atomic E-state index is 13.3. The molecule has 0 unspecified atom stereocenters. The van der Waals surface area contributed by atoms with Gasteiger partial charge in [0, 0.05) is 0 Å². The number of likely N-dealkylation sites (N-methyl/N-ethyl adjacent to an activating group) is 1. The zero-order chi connectivity index (χ0) is 23.6. The van der Waals surface area contributed by atoms with Crippen molar-refractivity contribution in [1.29, 1.82) is 0 Å². The SMILES string of the molecule is COC(=O)[C@H]([C@H](C(=O)OC)P12(OC(C)(C)C(C)(C)O1)OC(C)(C)C(C)(C)O2)N(C)C. The van der Waals surface area contributed by atoms with Gasteiger partial charge in [-0.2, -0.15) is 0 Å². The molecular weight excluding hydrogens is 413 g/mol. The number of hydrogen-bond donors (Lipinski definition) is 0. The minimum atomic E-state index is -4.81. The third kappa shape index (κ3) is 3.48. The van der Waals surface area contributed by atoms with Crippen LogP contribution in [0.25, 0.3) is 0 Å². The molecule has 0 saturated carbocycles. The molecule has 0 bridgehead atoms. The van der Waals surface area contributed by atoms with Crippen LogP contribution in [0.4, 0.5) is 0 Å². The Morgan fingerprint density at radius 2 is 1.00 bits per heavy atom. The standard InChI is InChI=1S/C20H38NO8P/c1-17(2)18(3,4)27-30(26-17,28-19(5,6)20(7,8)29-30)14(16(23)25-12)13(21(9)10)15(22)24-11/h13-14H,1-12H3/t13-,14+/m0/s1. The topological polar surface area (TPSA) is 92.8 Å². The van der Waals surface area contributed by atoms with E-state index in [-0.39, 0.29) is 0 Å². The van der Waals surface area contributed by atoms with Gasteiger partial charge in [0.05, 0.1) is 0 Å². The van der Waals surface area contributed by atoms with Gasteiger partial charge in [-0.3, -0.25) is 0 Å². The molecular formula is C20H38NO8P. The third-order valence-electron chi connectivity index (χ3n) is 6.67. The van der Waals surface area contributed by atoms with Crippen LogP contribution in [0, 0.1) is 0 Å². The van der Waals surface area contributed by atoms with Gasteiger partial charge in [-0.25, -0.2) is 0 Å². The van der Waals surface area contributed by atoms with Crippen LogP contribution in [0.15, 0.2) is 0 Å². The van der Waals surface area contributed by atoms with Crippen LogP contribution in [0.5, 0.6) is 0 Å². The van der Waals surface area contributed by atoms with E-state index in [4.69, 9.17) is 27.6 Å². The number of rotatable bonds is 5. The molecule has 10 heteroatoms. The summed E-state index contributed by atoms with van der Waals surface area (Å²) < 4.78 is 36.6. The van der Waals surface area contributed by atoms with E-state index in [1.54, 1.807) is 19.0 Å². The summed E-state index contributed by atoms with van der Waals surface area (Å²) in [4.78, 5) is 27.8. The van der Waals surface area contributed by atoms with Crippen LogP contribution < -0.4 is 0 Å². The van der Waals surface area contributed by atoms with Gasteiger partial charge in [0.2, 0.25) is 0 Å². The number of methoxy groups -OCH3 is 2. The van der Waals surface area contributed by atoms with E-state index < -0.39 is 53.6 Å². The van der Waals surface area contributed by atoms with Gasteiger partial charge in [0.1, 0.15) is 0 Å². The van der Waals surface area contributed by atoms with Crippen molar-refractivity contribution in [2.75, 3.05) is 28.3 Å². The normalized spacial score (nSPS) is 30.2. The molecule has 1 spiro atoms. The van der Waals surface area contributed by atoms with Crippen LogP contribution in [0.1, 0.15) is 55.4 Å². The van der Waals surface area contributed by atoms with Crippen LogP contribution in [-0.4, -0.2) is 79.3 Å². The molecule has 2 rings (SSSR count). The summed E-state index contributed by atoms with van der Waals surface area (Å²) in [6, 6.07) is -1.13. The van der Waals surface area contributed by atoms with Crippen LogP contribution >= 0.6 is 7.51 Å². The molecule has 9 nitrogen and oxygen atoms in total. The Morgan fingerprint density at radius 1 is 0.700 bits per heavy atom. The predicted octanol–water partition coefficient (Wildman–Crippen LogP) is 3.05. The summed E-state index contributed by atoms with van der Waals surface area (Å²) in [6.45, 7) is 14.8. The number of esters is 2. The molecule has 0 aliphatic carbocycles. The van der Waals surface area contributed by atoms with Crippen LogP contribution in [0.2, 0.25) is 0 Å². The van der Waals surface area contributed by atoms with Gasteiger partial charge in [-0.15, -0.1) is 0 Å². The van der Waals surface area contributed by atoms with E-state index in [1.807, 2.05) is 55.4 Å². The molecule has 0 aromatic rings. The molecule has 0 N–H and O–H groups in total. The zero-order valence-corrected chi connectivity index (χ0v) is 21.2. The van der Waals surface area contributed by atoms with Gasteiger partial charge in [-0.05, 0) is 0 Å². The Hall–Kier alpha value is -0.830. The minimum absolute atomic E-state index is 0.654. The molecule has 2 aliphatic rings. The third-order valence-corrected chi connectivity index (χ3v) is 11.2. The molecule has 30 heavy (non-hydrogen) atoms. The van der Waals surface area contributed by atoms with Gasteiger partial charge in [0.25, 0.3) is 0 Å². The number of hydrogen-bond acceptors (Lipinski definition) is 9. The zero-order valence-electron chi connectivity index (χ0n) is 20.3. The molecule has 2 aliphatic heterocycles. The summed E-state index contributed by atoms with van der Waals surface area (Å²) in [6.07, 6.45) is 0. The summed E-state index contributed by atoms with van der Waals surface area (Å²) in [5.74, 6) is -1.39. The molecule has 0 amide bonds. The van der Waals surface area contributed by atoms with Crippen molar-refractivity contribution in [3.63, 3.8) is 0 Å². The van der Waals surface area contributed by atoms with Crippen molar-refractivity contribution in [3.8, 4) is 0 Å². The molecule has 0 aromatic heterocycles. The van der Waals surface area contributed by atoms with Gasteiger partial charge < -0.3 is 0 Å².